The third-order valence-electron chi connectivity index (χ3n) is 8.73. The number of piperazine rings is 1. The number of aromatic nitrogens is 2. The number of halogens is 4. The summed E-state index contributed by atoms with van der Waals surface area (Å²) in [4.78, 5) is 50.7. The predicted molar refractivity (Wildman–Crippen MR) is 204 cm³/mol. The van der Waals surface area contributed by atoms with Gasteiger partial charge in [0.2, 0.25) is 11.8 Å². The van der Waals surface area contributed by atoms with Crippen molar-refractivity contribution in [3.8, 4) is 5.75 Å². The van der Waals surface area contributed by atoms with Gasteiger partial charge in [-0.25, -0.2) is 15.0 Å². The molecule has 16 heteroatoms. The number of alkyl halides is 3. The largest absolute Gasteiger partial charge is 0.497 e. The number of anilines is 4. The standard InChI is InChI=1S/C38H38ClF3N8O4/c1-6-33(51)46-26-17-24(16-25-19-32-30(21-31(25)39)36(45-22-44-32)49-14-12-48(13-15-49)34(52)7-2)18-27(20-26)47-37(53)23(3)35(38(40,41)42)50(43-4)28-8-10-29(54-5)11-9-28/h7-11,17-22H,2,4,6,12-16H2,1,3,5H3,(H,46,51)(H,47,53)/b35-23+. The maximum Gasteiger partial charge on any atom is 0.433 e. The number of methoxy groups -OCH3 is 1. The molecule has 5 rings (SSSR count). The van der Waals surface area contributed by atoms with Crippen molar-refractivity contribution in [1.82, 2.24) is 14.9 Å². The van der Waals surface area contributed by atoms with Crippen LogP contribution in [0.2, 0.25) is 5.02 Å². The van der Waals surface area contributed by atoms with Crippen molar-refractivity contribution in [1.29, 1.82) is 0 Å². The molecule has 0 bridgehead atoms. The number of benzene rings is 3. The van der Waals surface area contributed by atoms with E-state index in [9.17, 15) is 27.6 Å². The summed E-state index contributed by atoms with van der Waals surface area (Å²) in [6.45, 7) is 11.7. The van der Waals surface area contributed by atoms with E-state index in [1.807, 2.05) is 6.07 Å². The summed E-state index contributed by atoms with van der Waals surface area (Å²) in [5.41, 5.74) is 0.287. The Labute approximate surface area is 314 Å². The average Bonchev–Trinajstić information content (AvgIpc) is 3.16. The highest BCUT2D eigenvalue weighted by Gasteiger charge is 2.42. The lowest BCUT2D eigenvalue weighted by atomic mass is 10.0. The van der Waals surface area contributed by atoms with Gasteiger partial charge in [0.1, 0.15) is 17.9 Å². The topological polar surface area (TPSA) is 132 Å². The molecular weight excluding hydrogens is 725 g/mol. The maximum atomic E-state index is 14.5. The number of hydrogen-bond donors (Lipinski definition) is 2. The van der Waals surface area contributed by atoms with Crippen molar-refractivity contribution < 1.29 is 32.3 Å². The van der Waals surface area contributed by atoms with Crippen LogP contribution in [0.1, 0.15) is 31.4 Å². The summed E-state index contributed by atoms with van der Waals surface area (Å²) in [5, 5.41) is 10.5. The SMILES string of the molecule is C=CC(=O)N1CCN(c2ncnc3cc(Cc4cc(NC(=O)CC)cc(NC(=O)/C(C)=C(/N(N=C)c5ccc(OC)cc5)C(F)(F)F)c4)c(Cl)cc23)CC1. The minimum absolute atomic E-state index is 0.00377. The van der Waals surface area contributed by atoms with Crippen molar-refractivity contribution >= 4 is 69.8 Å². The Bertz CT molecular complexity index is 2120. The smallest absolute Gasteiger partial charge is 0.433 e. The van der Waals surface area contributed by atoms with E-state index < -0.39 is 23.4 Å². The highest BCUT2D eigenvalue weighted by Crippen LogP contribution is 2.36. The van der Waals surface area contributed by atoms with Gasteiger partial charge in [-0.15, -0.1) is 0 Å². The second kappa shape index (κ2) is 16.8. The third-order valence-corrected chi connectivity index (χ3v) is 9.08. The van der Waals surface area contributed by atoms with Crippen LogP contribution in [0.25, 0.3) is 10.9 Å². The van der Waals surface area contributed by atoms with E-state index in [0.717, 1.165) is 6.92 Å². The molecule has 3 aromatic carbocycles. The Kier molecular flexibility index (Phi) is 12.2. The quantitative estimate of drug-likeness (QED) is 0.0900. The van der Waals surface area contributed by atoms with Crippen molar-refractivity contribution in [2.24, 2.45) is 5.10 Å². The fourth-order valence-electron chi connectivity index (χ4n) is 6.00. The molecule has 1 aromatic heterocycles. The number of nitrogens with one attached hydrogen (secondary N) is 2. The molecule has 12 nitrogen and oxygen atoms in total. The number of nitrogens with zero attached hydrogens (tertiary/aromatic N) is 6. The number of hydrogen-bond acceptors (Lipinski definition) is 9. The van der Waals surface area contributed by atoms with Gasteiger partial charge in [-0.1, -0.05) is 25.1 Å². The normalized spacial score (nSPS) is 13.5. The van der Waals surface area contributed by atoms with Gasteiger partial charge in [-0.3, -0.25) is 14.4 Å². The minimum Gasteiger partial charge on any atom is -0.497 e. The second-order valence-corrected chi connectivity index (χ2v) is 12.7. The lowest BCUT2D eigenvalue weighted by Crippen LogP contribution is -2.48. The van der Waals surface area contributed by atoms with E-state index in [-0.39, 0.29) is 36.0 Å². The molecule has 0 unspecified atom stereocenters. The summed E-state index contributed by atoms with van der Waals surface area (Å²) in [7, 11) is 1.42. The maximum absolute atomic E-state index is 14.5. The van der Waals surface area contributed by atoms with Gasteiger partial charge >= 0.3 is 6.18 Å². The van der Waals surface area contributed by atoms with Gasteiger partial charge in [0.15, 0.2) is 5.70 Å². The Hall–Kier alpha value is -5.96. The fraction of sp³-hybridized carbons (Fsp3) is 0.263. The van der Waals surface area contributed by atoms with Crippen molar-refractivity contribution in [2.45, 2.75) is 32.9 Å². The molecule has 1 saturated heterocycles. The van der Waals surface area contributed by atoms with Crippen LogP contribution < -0.4 is 25.3 Å². The zero-order chi connectivity index (χ0) is 39.2. The van der Waals surface area contributed by atoms with Crippen LogP contribution in [0.3, 0.4) is 0 Å². The molecule has 1 aliphatic rings. The highest BCUT2D eigenvalue weighted by atomic mass is 35.5. The number of ether oxygens (including phenoxy) is 1. The zero-order valence-electron chi connectivity index (χ0n) is 29.8. The average molecular weight is 763 g/mol. The molecule has 282 valence electrons. The van der Waals surface area contributed by atoms with E-state index in [1.54, 1.807) is 30.0 Å². The highest BCUT2D eigenvalue weighted by molar-refractivity contribution is 6.32. The molecule has 0 spiro atoms. The van der Waals surface area contributed by atoms with Gasteiger partial charge < -0.3 is 25.2 Å². The fourth-order valence-corrected chi connectivity index (χ4v) is 6.23. The van der Waals surface area contributed by atoms with Crippen LogP contribution in [-0.2, 0) is 20.8 Å². The molecule has 1 fully saturated rings. The number of carbonyl (C=O) groups excluding carboxylic acids is 3. The number of amides is 3. The first kappa shape index (κ1) is 39.3. The van der Waals surface area contributed by atoms with Gasteiger partial charge in [0.25, 0.3) is 5.91 Å². The van der Waals surface area contributed by atoms with Crippen LogP contribution >= 0.6 is 11.6 Å². The Morgan fingerprint density at radius 1 is 1.02 bits per heavy atom. The van der Waals surface area contributed by atoms with Crippen molar-refractivity contribution in [3.05, 3.63) is 101 Å². The molecule has 0 aliphatic carbocycles. The van der Waals surface area contributed by atoms with E-state index in [2.05, 4.69) is 43.9 Å². The Balaban J connectivity index is 1.46. The first-order valence-electron chi connectivity index (χ1n) is 16.8. The first-order valence-corrected chi connectivity index (χ1v) is 17.2. The molecular formula is C38H38ClF3N8O4. The molecule has 3 amide bonds. The number of fused-ring (bicyclic) bond motifs is 1. The number of allylic oxidation sites excluding steroid dienone is 1. The monoisotopic (exact) mass is 762 g/mol. The molecule has 1 aliphatic heterocycles. The van der Waals surface area contributed by atoms with E-state index in [1.165, 1.54) is 49.8 Å². The summed E-state index contributed by atoms with van der Waals surface area (Å²) in [6.07, 6.45) is -1.88. The van der Waals surface area contributed by atoms with Crippen LogP contribution in [-0.4, -0.2) is 78.8 Å². The van der Waals surface area contributed by atoms with Crippen LogP contribution in [0, 0.1) is 0 Å². The number of rotatable bonds is 12. The molecule has 0 radical (unpaired) electrons. The predicted octanol–water partition coefficient (Wildman–Crippen LogP) is 6.96. The second-order valence-electron chi connectivity index (χ2n) is 12.2. The lowest BCUT2D eigenvalue weighted by Gasteiger charge is -2.35. The summed E-state index contributed by atoms with van der Waals surface area (Å²) >= 11 is 6.83. The molecule has 4 aromatic rings. The minimum atomic E-state index is -5.00. The van der Waals surface area contributed by atoms with E-state index >= 15 is 0 Å². The van der Waals surface area contributed by atoms with E-state index in [0.29, 0.717) is 75.5 Å². The van der Waals surface area contributed by atoms with Gasteiger partial charge in [0.05, 0.1) is 18.3 Å². The third kappa shape index (κ3) is 8.97. The van der Waals surface area contributed by atoms with Crippen LogP contribution in [0.5, 0.6) is 5.75 Å². The zero-order valence-corrected chi connectivity index (χ0v) is 30.6. The summed E-state index contributed by atoms with van der Waals surface area (Å²) in [6, 6.07) is 13.9. The summed E-state index contributed by atoms with van der Waals surface area (Å²) < 4.78 is 48.7. The van der Waals surface area contributed by atoms with Crippen LogP contribution in [0.4, 0.5) is 36.1 Å². The molecule has 2 N–H and O–H groups in total. The number of hydrazone groups is 1. The lowest BCUT2D eigenvalue weighted by molar-refractivity contribution is -0.126. The van der Waals surface area contributed by atoms with Crippen molar-refractivity contribution in [2.75, 3.05) is 53.8 Å². The van der Waals surface area contributed by atoms with Crippen LogP contribution in [0.15, 0.2) is 90.0 Å². The Morgan fingerprint density at radius 2 is 1.69 bits per heavy atom. The molecule has 0 saturated carbocycles. The molecule has 2 heterocycles. The van der Waals surface area contributed by atoms with Gasteiger partial charge in [-0.2, -0.15) is 18.3 Å². The van der Waals surface area contributed by atoms with Gasteiger partial charge in [0, 0.05) is 66.7 Å². The molecule has 0 atom stereocenters. The van der Waals surface area contributed by atoms with Gasteiger partial charge in [-0.05, 0) is 85.1 Å². The first-order chi connectivity index (χ1) is 25.8. The number of carbonyl (C=O) groups is 3. The van der Waals surface area contributed by atoms with Crippen molar-refractivity contribution in [3.63, 3.8) is 0 Å². The summed E-state index contributed by atoms with van der Waals surface area (Å²) in [5.74, 6) is -0.411. The molecule has 54 heavy (non-hydrogen) atoms. The Morgan fingerprint density at radius 3 is 2.28 bits per heavy atom. The van der Waals surface area contributed by atoms with E-state index in [4.69, 9.17) is 16.3 Å².